The summed E-state index contributed by atoms with van der Waals surface area (Å²) >= 11 is 1.36. The van der Waals surface area contributed by atoms with Crippen molar-refractivity contribution < 1.29 is 18.7 Å². The molecule has 0 aliphatic heterocycles. The van der Waals surface area contributed by atoms with Gasteiger partial charge in [-0.3, -0.25) is 9.59 Å². The van der Waals surface area contributed by atoms with Crippen LogP contribution in [-0.2, 0) is 15.3 Å². The van der Waals surface area contributed by atoms with Crippen LogP contribution in [0.4, 0.5) is 15.8 Å². The molecule has 5 nitrogen and oxygen atoms in total. The number of halogens is 1. The zero-order valence-corrected chi connectivity index (χ0v) is 14.8. The topological polar surface area (TPSA) is 67.4 Å². The third-order valence-electron chi connectivity index (χ3n) is 3.20. The molecule has 0 saturated heterocycles. The van der Waals surface area contributed by atoms with Crippen LogP contribution < -0.4 is 15.4 Å². The Morgan fingerprint density at radius 2 is 1.84 bits per heavy atom. The molecule has 0 aliphatic rings. The summed E-state index contributed by atoms with van der Waals surface area (Å²) in [7, 11) is 1.52. The molecule has 0 fully saturated rings. The number of rotatable bonds is 7. The van der Waals surface area contributed by atoms with Crippen molar-refractivity contribution in [3.05, 3.63) is 53.8 Å². The minimum atomic E-state index is -0.337. The average molecular weight is 362 g/mol. The minimum absolute atomic E-state index is 0.178. The number of methoxy groups -OCH3 is 1. The zero-order valence-electron chi connectivity index (χ0n) is 14.0. The Labute approximate surface area is 150 Å². The van der Waals surface area contributed by atoms with E-state index in [1.165, 1.54) is 37.9 Å². The van der Waals surface area contributed by atoms with E-state index in [-0.39, 0.29) is 23.4 Å². The van der Waals surface area contributed by atoms with Crippen LogP contribution in [0, 0.1) is 5.82 Å². The number of hydrogen-bond acceptors (Lipinski definition) is 4. The molecule has 0 bridgehead atoms. The van der Waals surface area contributed by atoms with E-state index >= 15 is 0 Å². The fraction of sp³-hybridized carbons (Fsp3) is 0.222. The summed E-state index contributed by atoms with van der Waals surface area (Å²) in [5, 5.41) is 5.42. The Bertz CT molecular complexity index is 768. The number of hydrogen-bond donors (Lipinski definition) is 2. The van der Waals surface area contributed by atoms with Crippen LogP contribution in [0.15, 0.2) is 42.5 Å². The number of amides is 2. The van der Waals surface area contributed by atoms with Crippen LogP contribution in [0.1, 0.15) is 12.5 Å². The summed E-state index contributed by atoms with van der Waals surface area (Å²) in [5.74, 6) is 0.570. The van der Waals surface area contributed by atoms with Gasteiger partial charge in [0.05, 0.1) is 12.9 Å². The summed E-state index contributed by atoms with van der Waals surface area (Å²) in [6, 6.07) is 11.2. The standard InChI is InChI=1S/C18H19FN2O3S/c1-12(22)20-15-4-3-5-16(9-15)21-18(23)11-25-10-13-8-14(19)6-7-17(13)24-2/h3-9H,10-11H2,1-2H3,(H,20,22)(H,21,23). The van der Waals surface area contributed by atoms with Gasteiger partial charge in [0.25, 0.3) is 0 Å². The first kappa shape index (κ1) is 18.8. The maximum atomic E-state index is 13.3. The van der Waals surface area contributed by atoms with Gasteiger partial charge in [0, 0.05) is 29.6 Å². The predicted molar refractivity (Wildman–Crippen MR) is 98.5 cm³/mol. The lowest BCUT2D eigenvalue weighted by Crippen LogP contribution is -2.14. The molecule has 2 rings (SSSR count). The highest BCUT2D eigenvalue weighted by molar-refractivity contribution is 7.99. The molecule has 0 radical (unpaired) electrons. The molecule has 2 N–H and O–H groups in total. The van der Waals surface area contributed by atoms with E-state index < -0.39 is 0 Å². The van der Waals surface area contributed by atoms with Crippen LogP contribution in [0.3, 0.4) is 0 Å². The Balaban J connectivity index is 1.87. The van der Waals surface area contributed by atoms with E-state index in [1.54, 1.807) is 30.3 Å². The molecule has 0 aromatic heterocycles. The van der Waals surface area contributed by atoms with E-state index in [0.717, 1.165) is 0 Å². The summed E-state index contributed by atoms with van der Waals surface area (Å²) in [5.41, 5.74) is 1.91. The Kier molecular flexibility index (Phi) is 6.82. The number of ether oxygens (including phenoxy) is 1. The second-order valence-electron chi connectivity index (χ2n) is 5.26. The molecule has 0 spiro atoms. The molecule has 132 valence electrons. The number of carbonyl (C=O) groups excluding carboxylic acids is 2. The Hall–Kier alpha value is -2.54. The lowest BCUT2D eigenvalue weighted by Gasteiger charge is -2.09. The molecule has 2 amide bonds. The van der Waals surface area contributed by atoms with Gasteiger partial charge in [0.1, 0.15) is 11.6 Å². The van der Waals surface area contributed by atoms with Crippen molar-refractivity contribution in [3.8, 4) is 5.75 Å². The summed E-state index contributed by atoms with van der Waals surface area (Å²) in [4.78, 5) is 23.1. The molecule has 0 saturated carbocycles. The predicted octanol–water partition coefficient (Wildman–Crippen LogP) is 3.66. The van der Waals surface area contributed by atoms with Crippen LogP contribution in [0.25, 0.3) is 0 Å². The second kappa shape index (κ2) is 9.08. The van der Waals surface area contributed by atoms with Gasteiger partial charge in [-0.1, -0.05) is 6.07 Å². The van der Waals surface area contributed by atoms with Crippen molar-refractivity contribution in [1.82, 2.24) is 0 Å². The number of benzene rings is 2. The van der Waals surface area contributed by atoms with Crippen molar-refractivity contribution in [1.29, 1.82) is 0 Å². The van der Waals surface area contributed by atoms with Crippen LogP contribution in [-0.4, -0.2) is 24.7 Å². The maximum absolute atomic E-state index is 13.3. The zero-order chi connectivity index (χ0) is 18.2. The highest BCUT2D eigenvalue weighted by atomic mass is 32.2. The molecular weight excluding hydrogens is 343 g/mol. The fourth-order valence-electron chi connectivity index (χ4n) is 2.19. The number of thioether (sulfide) groups is 1. The van der Waals surface area contributed by atoms with Gasteiger partial charge < -0.3 is 15.4 Å². The smallest absolute Gasteiger partial charge is 0.234 e. The molecule has 25 heavy (non-hydrogen) atoms. The van der Waals surface area contributed by atoms with Gasteiger partial charge in [-0.2, -0.15) is 0 Å². The van der Waals surface area contributed by atoms with Gasteiger partial charge in [-0.15, -0.1) is 11.8 Å². The maximum Gasteiger partial charge on any atom is 0.234 e. The summed E-state index contributed by atoms with van der Waals surface area (Å²) in [6.45, 7) is 1.42. The highest BCUT2D eigenvalue weighted by Crippen LogP contribution is 2.24. The molecule has 2 aromatic carbocycles. The molecule has 7 heteroatoms. The van der Waals surface area contributed by atoms with Gasteiger partial charge >= 0.3 is 0 Å². The van der Waals surface area contributed by atoms with Gasteiger partial charge in [0.15, 0.2) is 0 Å². The number of nitrogens with one attached hydrogen (secondary N) is 2. The molecule has 0 heterocycles. The average Bonchev–Trinajstić information content (AvgIpc) is 2.54. The monoisotopic (exact) mass is 362 g/mol. The molecular formula is C18H19FN2O3S. The third-order valence-corrected chi connectivity index (χ3v) is 4.18. The van der Waals surface area contributed by atoms with Crippen molar-refractivity contribution in [2.45, 2.75) is 12.7 Å². The SMILES string of the molecule is COc1ccc(F)cc1CSCC(=O)Nc1cccc(NC(C)=O)c1. The highest BCUT2D eigenvalue weighted by Gasteiger charge is 2.08. The number of anilines is 2. The summed E-state index contributed by atoms with van der Waals surface area (Å²) in [6.07, 6.45) is 0. The number of carbonyl (C=O) groups is 2. The van der Waals surface area contributed by atoms with Crippen LogP contribution in [0.2, 0.25) is 0 Å². The van der Waals surface area contributed by atoms with Crippen molar-refractivity contribution in [2.75, 3.05) is 23.5 Å². The first-order chi connectivity index (χ1) is 12.0. The van der Waals surface area contributed by atoms with Crippen molar-refractivity contribution in [3.63, 3.8) is 0 Å². The first-order valence-corrected chi connectivity index (χ1v) is 8.71. The van der Waals surface area contributed by atoms with E-state index in [4.69, 9.17) is 4.74 Å². The van der Waals surface area contributed by atoms with E-state index in [0.29, 0.717) is 28.4 Å². The Morgan fingerprint density at radius 3 is 2.52 bits per heavy atom. The molecule has 0 unspecified atom stereocenters. The summed E-state index contributed by atoms with van der Waals surface area (Å²) < 4.78 is 18.5. The van der Waals surface area contributed by atoms with Crippen molar-refractivity contribution in [2.24, 2.45) is 0 Å². The van der Waals surface area contributed by atoms with Crippen LogP contribution in [0.5, 0.6) is 5.75 Å². The lowest BCUT2D eigenvalue weighted by atomic mass is 10.2. The first-order valence-electron chi connectivity index (χ1n) is 7.55. The lowest BCUT2D eigenvalue weighted by molar-refractivity contribution is -0.114. The Morgan fingerprint density at radius 1 is 1.12 bits per heavy atom. The third kappa shape index (κ3) is 6.11. The van der Waals surface area contributed by atoms with E-state index in [1.807, 2.05) is 0 Å². The van der Waals surface area contributed by atoms with Crippen LogP contribution >= 0.6 is 11.8 Å². The van der Waals surface area contributed by atoms with Gasteiger partial charge in [0.2, 0.25) is 11.8 Å². The molecule has 2 aromatic rings. The van der Waals surface area contributed by atoms with Gasteiger partial charge in [-0.05, 0) is 36.4 Å². The molecule has 0 aliphatic carbocycles. The van der Waals surface area contributed by atoms with E-state index in [2.05, 4.69) is 10.6 Å². The fourth-order valence-corrected chi connectivity index (χ4v) is 2.99. The minimum Gasteiger partial charge on any atom is -0.496 e. The molecule has 0 atom stereocenters. The normalized spacial score (nSPS) is 10.2. The second-order valence-corrected chi connectivity index (χ2v) is 6.24. The largest absolute Gasteiger partial charge is 0.496 e. The van der Waals surface area contributed by atoms with Crippen molar-refractivity contribution >= 4 is 35.0 Å². The van der Waals surface area contributed by atoms with E-state index in [9.17, 15) is 14.0 Å². The quantitative estimate of drug-likeness (QED) is 0.789. The van der Waals surface area contributed by atoms with Gasteiger partial charge in [-0.25, -0.2) is 4.39 Å².